The van der Waals surface area contributed by atoms with Gasteiger partial charge in [-0.05, 0) is 30.2 Å². The zero-order chi connectivity index (χ0) is 13.7. The highest BCUT2D eigenvalue weighted by Gasteiger charge is 2.43. The molecule has 2 unspecified atom stereocenters. The van der Waals surface area contributed by atoms with Crippen molar-refractivity contribution in [2.45, 2.75) is 29.8 Å². The maximum atomic E-state index is 12.2. The predicted octanol–water partition coefficient (Wildman–Crippen LogP) is 2.97. The number of sulfone groups is 1. The Hall–Kier alpha value is -1.68. The molecule has 102 valence electrons. The number of rotatable bonds is 1. The highest BCUT2D eigenvalue weighted by molar-refractivity contribution is 7.93. The van der Waals surface area contributed by atoms with Crippen LogP contribution in [0.25, 0.3) is 16.3 Å². The Labute approximate surface area is 118 Å². The van der Waals surface area contributed by atoms with Crippen LogP contribution >= 0.6 is 0 Å². The van der Waals surface area contributed by atoms with E-state index >= 15 is 0 Å². The summed E-state index contributed by atoms with van der Waals surface area (Å²) in [5, 5.41) is 1.79. The standard InChI is InChI=1S/C16H15NO2S/c18-20(19)13-5-6-14(20)8-12(7-13)16-10-17-9-11-3-1-2-4-15(11)16/h1-4,7,9-10,13-14H,5-6,8H2. The van der Waals surface area contributed by atoms with Gasteiger partial charge in [0.1, 0.15) is 0 Å². The molecule has 2 atom stereocenters. The van der Waals surface area contributed by atoms with E-state index in [1.807, 2.05) is 36.7 Å². The molecule has 0 radical (unpaired) electrons. The van der Waals surface area contributed by atoms with Crippen molar-refractivity contribution >= 4 is 26.2 Å². The van der Waals surface area contributed by atoms with Crippen molar-refractivity contribution in [2.24, 2.45) is 0 Å². The van der Waals surface area contributed by atoms with Gasteiger partial charge < -0.3 is 0 Å². The van der Waals surface area contributed by atoms with Gasteiger partial charge in [0.15, 0.2) is 9.84 Å². The van der Waals surface area contributed by atoms with E-state index in [9.17, 15) is 8.42 Å². The summed E-state index contributed by atoms with van der Waals surface area (Å²) in [4.78, 5) is 4.30. The summed E-state index contributed by atoms with van der Waals surface area (Å²) in [7, 11) is -2.92. The van der Waals surface area contributed by atoms with E-state index in [-0.39, 0.29) is 10.5 Å². The predicted molar refractivity (Wildman–Crippen MR) is 80.1 cm³/mol. The summed E-state index contributed by atoms with van der Waals surface area (Å²) in [6.07, 6.45) is 7.88. The molecule has 0 saturated carbocycles. The minimum absolute atomic E-state index is 0.188. The fraction of sp³-hybridized carbons (Fsp3) is 0.312. The van der Waals surface area contributed by atoms with Crippen LogP contribution in [0.2, 0.25) is 0 Å². The number of aromatic nitrogens is 1. The lowest BCUT2D eigenvalue weighted by atomic mass is 9.97. The van der Waals surface area contributed by atoms with Gasteiger partial charge in [0.25, 0.3) is 0 Å². The average molecular weight is 285 g/mol. The first-order chi connectivity index (χ1) is 9.66. The average Bonchev–Trinajstić information content (AvgIpc) is 2.66. The number of allylic oxidation sites excluding steroid dienone is 1. The second kappa shape index (κ2) is 4.16. The molecule has 1 aromatic heterocycles. The Morgan fingerprint density at radius 1 is 1.10 bits per heavy atom. The third-order valence-electron chi connectivity index (χ3n) is 4.51. The summed E-state index contributed by atoms with van der Waals surface area (Å²) < 4.78 is 24.3. The smallest absolute Gasteiger partial charge is 0.159 e. The molecule has 20 heavy (non-hydrogen) atoms. The summed E-state index contributed by atoms with van der Waals surface area (Å²) >= 11 is 0. The maximum absolute atomic E-state index is 12.2. The number of fused-ring (bicyclic) bond motifs is 3. The molecule has 0 aliphatic carbocycles. The topological polar surface area (TPSA) is 47.0 Å². The van der Waals surface area contributed by atoms with Crippen molar-refractivity contribution in [2.75, 3.05) is 0 Å². The van der Waals surface area contributed by atoms with Crippen molar-refractivity contribution in [1.29, 1.82) is 0 Å². The van der Waals surface area contributed by atoms with Crippen LogP contribution in [-0.2, 0) is 9.84 Å². The van der Waals surface area contributed by atoms with Crippen molar-refractivity contribution in [3.05, 3.63) is 48.3 Å². The Balaban J connectivity index is 1.90. The number of benzene rings is 1. The molecule has 3 heterocycles. The van der Waals surface area contributed by atoms with Crippen LogP contribution in [0, 0.1) is 0 Å². The maximum Gasteiger partial charge on any atom is 0.159 e. The van der Waals surface area contributed by atoms with E-state index in [0.29, 0.717) is 6.42 Å². The molecule has 4 rings (SSSR count). The second-order valence-corrected chi connectivity index (χ2v) is 8.08. The van der Waals surface area contributed by atoms with Crippen molar-refractivity contribution < 1.29 is 8.42 Å². The molecule has 2 aliphatic rings. The van der Waals surface area contributed by atoms with E-state index in [4.69, 9.17) is 0 Å². The fourth-order valence-electron chi connectivity index (χ4n) is 3.43. The third kappa shape index (κ3) is 1.64. The van der Waals surface area contributed by atoms with E-state index in [0.717, 1.165) is 34.8 Å². The van der Waals surface area contributed by atoms with E-state index in [1.165, 1.54) is 0 Å². The van der Waals surface area contributed by atoms with Gasteiger partial charge in [0.2, 0.25) is 0 Å². The largest absolute Gasteiger partial charge is 0.263 e. The zero-order valence-corrected chi connectivity index (χ0v) is 11.8. The quantitative estimate of drug-likeness (QED) is 0.809. The molecule has 2 bridgehead atoms. The van der Waals surface area contributed by atoms with Gasteiger partial charge in [-0.15, -0.1) is 0 Å². The SMILES string of the molecule is O=S1(=O)C2C=C(c3cncc4ccccc34)CC1CC2. The fourth-order valence-corrected chi connectivity index (χ4v) is 5.62. The summed E-state index contributed by atoms with van der Waals surface area (Å²) in [6, 6.07) is 8.14. The molecule has 0 N–H and O–H groups in total. The van der Waals surface area contributed by atoms with E-state index in [1.54, 1.807) is 0 Å². The Morgan fingerprint density at radius 2 is 1.95 bits per heavy atom. The van der Waals surface area contributed by atoms with Crippen LogP contribution in [0.3, 0.4) is 0 Å². The summed E-state index contributed by atoms with van der Waals surface area (Å²) in [5.74, 6) is 0. The lowest BCUT2D eigenvalue weighted by molar-refractivity contribution is 0.585. The number of pyridine rings is 1. The van der Waals surface area contributed by atoms with Crippen LogP contribution in [0.5, 0.6) is 0 Å². The number of hydrogen-bond donors (Lipinski definition) is 0. The Bertz CT molecular complexity index is 818. The van der Waals surface area contributed by atoms with Gasteiger partial charge in [-0.3, -0.25) is 4.98 Å². The van der Waals surface area contributed by atoms with Crippen LogP contribution in [0.15, 0.2) is 42.7 Å². The second-order valence-electron chi connectivity index (χ2n) is 5.63. The highest BCUT2D eigenvalue weighted by atomic mass is 32.2. The highest BCUT2D eigenvalue weighted by Crippen LogP contribution is 2.41. The molecule has 1 fully saturated rings. The molecule has 2 aliphatic heterocycles. The van der Waals surface area contributed by atoms with Crippen LogP contribution in [0.1, 0.15) is 24.8 Å². The van der Waals surface area contributed by atoms with Gasteiger partial charge in [-0.2, -0.15) is 0 Å². The minimum atomic E-state index is -2.92. The first kappa shape index (κ1) is 12.1. The molecule has 1 aromatic carbocycles. The molecule has 1 saturated heterocycles. The first-order valence-electron chi connectivity index (χ1n) is 6.93. The Kier molecular flexibility index (Phi) is 2.51. The number of nitrogens with zero attached hydrogens (tertiary/aromatic N) is 1. The van der Waals surface area contributed by atoms with Crippen molar-refractivity contribution in [1.82, 2.24) is 4.98 Å². The van der Waals surface area contributed by atoms with Crippen LogP contribution in [-0.4, -0.2) is 23.9 Å². The third-order valence-corrected chi connectivity index (χ3v) is 7.06. The minimum Gasteiger partial charge on any atom is -0.263 e. The molecular formula is C16H15NO2S. The lowest BCUT2D eigenvalue weighted by Crippen LogP contribution is -2.26. The van der Waals surface area contributed by atoms with Gasteiger partial charge in [0.05, 0.1) is 10.5 Å². The van der Waals surface area contributed by atoms with Crippen LogP contribution in [0.4, 0.5) is 0 Å². The van der Waals surface area contributed by atoms with Gasteiger partial charge >= 0.3 is 0 Å². The lowest BCUT2D eigenvalue weighted by Gasteiger charge is -2.21. The molecule has 3 nitrogen and oxygen atoms in total. The van der Waals surface area contributed by atoms with E-state index in [2.05, 4.69) is 11.1 Å². The normalized spacial score (nSPS) is 27.5. The van der Waals surface area contributed by atoms with Crippen LogP contribution < -0.4 is 0 Å². The van der Waals surface area contributed by atoms with Gasteiger partial charge in [-0.25, -0.2) is 8.42 Å². The van der Waals surface area contributed by atoms with Crippen molar-refractivity contribution in [3.63, 3.8) is 0 Å². The molecule has 0 spiro atoms. The first-order valence-corrected chi connectivity index (χ1v) is 8.54. The van der Waals surface area contributed by atoms with E-state index < -0.39 is 9.84 Å². The van der Waals surface area contributed by atoms with Gasteiger partial charge in [0, 0.05) is 23.3 Å². The molecule has 0 amide bonds. The summed E-state index contributed by atoms with van der Waals surface area (Å²) in [6.45, 7) is 0. The zero-order valence-electron chi connectivity index (χ0n) is 11.0. The molecule has 4 heteroatoms. The van der Waals surface area contributed by atoms with Gasteiger partial charge in [-0.1, -0.05) is 30.3 Å². The number of hydrogen-bond acceptors (Lipinski definition) is 3. The van der Waals surface area contributed by atoms with Crippen molar-refractivity contribution in [3.8, 4) is 0 Å². The monoisotopic (exact) mass is 285 g/mol. The molecule has 2 aromatic rings. The Morgan fingerprint density at radius 3 is 2.80 bits per heavy atom. The summed E-state index contributed by atoms with van der Waals surface area (Å²) in [5.41, 5.74) is 2.24. The molecular weight excluding hydrogens is 270 g/mol.